The first kappa shape index (κ1) is 9.33. The molecule has 0 fully saturated rings. The van der Waals surface area contributed by atoms with Gasteiger partial charge in [-0.1, -0.05) is 0 Å². The molecule has 1 aliphatic rings. The van der Waals surface area contributed by atoms with Gasteiger partial charge in [0.05, 0.1) is 13.7 Å². The van der Waals surface area contributed by atoms with Gasteiger partial charge in [0.1, 0.15) is 5.75 Å². The van der Waals surface area contributed by atoms with Crippen molar-refractivity contribution in [3.05, 3.63) is 35.7 Å². The third-order valence-corrected chi connectivity index (χ3v) is 3.03. The van der Waals surface area contributed by atoms with Gasteiger partial charge in [-0.25, -0.2) is 0 Å². The summed E-state index contributed by atoms with van der Waals surface area (Å²) in [5.41, 5.74) is 3.73. The molecule has 0 spiro atoms. The molecular formula is C13H14N2O. The smallest absolute Gasteiger partial charge is 0.119 e. The topological polar surface area (TPSA) is 28.3 Å². The standard InChI is InChI=1S/C13H14N2O/c1-15-6-5-10-11-7-9(16-2)3-4-12(11)14-13(10)8-15/h3-7,14H,8H2,1-2H3. The van der Waals surface area contributed by atoms with E-state index in [0.29, 0.717) is 0 Å². The SMILES string of the molecule is COc1ccc2[nH]c3c(c2c1)C=CN(C)C3. The molecule has 0 aliphatic carbocycles. The highest BCUT2D eigenvalue weighted by atomic mass is 16.5. The van der Waals surface area contributed by atoms with Crippen LogP contribution >= 0.6 is 0 Å². The van der Waals surface area contributed by atoms with E-state index in [-0.39, 0.29) is 0 Å². The normalized spacial score (nSPS) is 14.2. The Hall–Kier alpha value is -1.90. The van der Waals surface area contributed by atoms with Crippen molar-refractivity contribution in [2.45, 2.75) is 6.54 Å². The number of H-pyrrole nitrogens is 1. The average molecular weight is 214 g/mol. The lowest BCUT2D eigenvalue weighted by atomic mass is 10.1. The summed E-state index contributed by atoms with van der Waals surface area (Å²) < 4.78 is 5.26. The van der Waals surface area contributed by atoms with Crippen molar-refractivity contribution in [2.75, 3.05) is 14.2 Å². The van der Waals surface area contributed by atoms with Crippen LogP contribution in [0.4, 0.5) is 0 Å². The predicted molar refractivity (Wildman–Crippen MR) is 65.4 cm³/mol. The fourth-order valence-electron chi connectivity index (χ4n) is 2.19. The van der Waals surface area contributed by atoms with Crippen molar-refractivity contribution in [1.82, 2.24) is 9.88 Å². The number of aromatic nitrogens is 1. The number of fused-ring (bicyclic) bond motifs is 3. The van der Waals surface area contributed by atoms with Crippen LogP contribution in [0.25, 0.3) is 17.0 Å². The van der Waals surface area contributed by atoms with Gasteiger partial charge >= 0.3 is 0 Å². The molecule has 0 bridgehead atoms. The van der Waals surface area contributed by atoms with E-state index in [1.165, 1.54) is 22.2 Å². The van der Waals surface area contributed by atoms with Crippen molar-refractivity contribution in [2.24, 2.45) is 0 Å². The lowest BCUT2D eigenvalue weighted by Gasteiger charge is -2.17. The van der Waals surface area contributed by atoms with Crippen molar-refractivity contribution in [3.8, 4) is 5.75 Å². The van der Waals surface area contributed by atoms with Gasteiger partial charge in [0.15, 0.2) is 0 Å². The summed E-state index contributed by atoms with van der Waals surface area (Å²) in [6, 6.07) is 6.14. The molecule has 3 nitrogen and oxygen atoms in total. The summed E-state index contributed by atoms with van der Waals surface area (Å²) in [6.45, 7) is 0.933. The number of hydrogen-bond donors (Lipinski definition) is 1. The number of nitrogens with zero attached hydrogens (tertiary/aromatic N) is 1. The molecule has 3 rings (SSSR count). The van der Waals surface area contributed by atoms with Crippen molar-refractivity contribution in [1.29, 1.82) is 0 Å². The van der Waals surface area contributed by atoms with Gasteiger partial charge in [0.25, 0.3) is 0 Å². The summed E-state index contributed by atoms with van der Waals surface area (Å²) in [4.78, 5) is 5.61. The summed E-state index contributed by atoms with van der Waals surface area (Å²) in [5.74, 6) is 0.904. The van der Waals surface area contributed by atoms with Crippen LogP contribution in [0.15, 0.2) is 24.4 Å². The summed E-state index contributed by atoms with van der Waals surface area (Å²) in [7, 11) is 3.77. The van der Waals surface area contributed by atoms with E-state index in [9.17, 15) is 0 Å². The van der Waals surface area contributed by atoms with E-state index in [2.05, 4.69) is 41.3 Å². The van der Waals surface area contributed by atoms with Crippen LogP contribution in [0.2, 0.25) is 0 Å². The Morgan fingerprint density at radius 3 is 3.06 bits per heavy atom. The zero-order valence-corrected chi connectivity index (χ0v) is 9.45. The third kappa shape index (κ3) is 1.28. The number of methoxy groups -OCH3 is 1. The van der Waals surface area contributed by atoms with Crippen molar-refractivity contribution >= 4 is 17.0 Å². The zero-order valence-electron chi connectivity index (χ0n) is 9.45. The van der Waals surface area contributed by atoms with Gasteiger partial charge in [0.2, 0.25) is 0 Å². The highest BCUT2D eigenvalue weighted by Gasteiger charge is 2.14. The van der Waals surface area contributed by atoms with Gasteiger partial charge in [-0.2, -0.15) is 0 Å². The minimum atomic E-state index is 0.904. The molecule has 0 unspecified atom stereocenters. The van der Waals surface area contributed by atoms with Gasteiger partial charge in [0, 0.05) is 29.2 Å². The second-order valence-corrected chi connectivity index (χ2v) is 4.16. The second-order valence-electron chi connectivity index (χ2n) is 4.16. The van der Waals surface area contributed by atoms with E-state index in [1.54, 1.807) is 7.11 Å². The molecule has 2 aromatic rings. The maximum Gasteiger partial charge on any atom is 0.119 e. The Bertz CT molecular complexity index is 569. The molecule has 0 radical (unpaired) electrons. The van der Waals surface area contributed by atoms with E-state index in [0.717, 1.165) is 12.3 Å². The van der Waals surface area contributed by atoms with E-state index >= 15 is 0 Å². The van der Waals surface area contributed by atoms with Crippen LogP contribution < -0.4 is 4.74 Å². The van der Waals surface area contributed by atoms with Crippen molar-refractivity contribution < 1.29 is 4.74 Å². The molecule has 0 saturated carbocycles. The highest BCUT2D eigenvalue weighted by Crippen LogP contribution is 2.30. The molecule has 0 atom stereocenters. The Kier molecular flexibility index (Phi) is 1.93. The lowest BCUT2D eigenvalue weighted by molar-refractivity contribution is 0.415. The lowest BCUT2D eigenvalue weighted by Crippen LogP contribution is -2.13. The Morgan fingerprint density at radius 2 is 2.25 bits per heavy atom. The summed E-state index contributed by atoms with van der Waals surface area (Å²) in [5, 5.41) is 1.23. The van der Waals surface area contributed by atoms with Gasteiger partial charge < -0.3 is 14.6 Å². The summed E-state index contributed by atoms with van der Waals surface area (Å²) in [6.07, 6.45) is 4.26. The zero-order chi connectivity index (χ0) is 11.1. The van der Waals surface area contributed by atoms with Gasteiger partial charge in [-0.05, 0) is 30.5 Å². The number of ether oxygens (including phenoxy) is 1. The molecule has 2 heterocycles. The average Bonchev–Trinajstić information content (AvgIpc) is 2.65. The molecule has 1 aromatic carbocycles. The van der Waals surface area contributed by atoms with E-state index in [4.69, 9.17) is 4.74 Å². The maximum absolute atomic E-state index is 5.26. The van der Waals surface area contributed by atoms with E-state index < -0.39 is 0 Å². The van der Waals surface area contributed by atoms with Crippen LogP contribution in [-0.2, 0) is 6.54 Å². The first-order chi connectivity index (χ1) is 7.78. The summed E-state index contributed by atoms with van der Waals surface area (Å²) >= 11 is 0. The minimum Gasteiger partial charge on any atom is -0.497 e. The second kappa shape index (κ2) is 3.30. The predicted octanol–water partition coefficient (Wildman–Crippen LogP) is 2.59. The first-order valence-electron chi connectivity index (χ1n) is 5.35. The fraction of sp³-hybridized carbons (Fsp3) is 0.231. The van der Waals surface area contributed by atoms with E-state index in [1.807, 2.05) is 6.07 Å². The first-order valence-corrected chi connectivity index (χ1v) is 5.35. The van der Waals surface area contributed by atoms with Gasteiger partial charge in [-0.15, -0.1) is 0 Å². The molecule has 82 valence electrons. The minimum absolute atomic E-state index is 0.904. The Morgan fingerprint density at radius 1 is 1.38 bits per heavy atom. The maximum atomic E-state index is 5.26. The number of nitrogens with one attached hydrogen (secondary N) is 1. The third-order valence-electron chi connectivity index (χ3n) is 3.03. The Balaban J connectivity index is 2.24. The number of hydrogen-bond acceptors (Lipinski definition) is 2. The number of rotatable bonds is 1. The number of benzene rings is 1. The molecule has 16 heavy (non-hydrogen) atoms. The largest absolute Gasteiger partial charge is 0.497 e. The molecular weight excluding hydrogens is 200 g/mol. The molecule has 3 heteroatoms. The van der Waals surface area contributed by atoms with Crippen LogP contribution in [0.1, 0.15) is 11.3 Å². The molecule has 0 amide bonds. The van der Waals surface area contributed by atoms with Crippen LogP contribution in [0.3, 0.4) is 0 Å². The highest BCUT2D eigenvalue weighted by molar-refractivity contribution is 5.92. The Labute approximate surface area is 94.3 Å². The number of aromatic amines is 1. The van der Waals surface area contributed by atoms with Crippen LogP contribution in [-0.4, -0.2) is 24.0 Å². The van der Waals surface area contributed by atoms with Gasteiger partial charge in [-0.3, -0.25) is 0 Å². The molecule has 1 N–H and O–H groups in total. The molecule has 1 aromatic heterocycles. The fourth-order valence-corrected chi connectivity index (χ4v) is 2.19. The monoisotopic (exact) mass is 214 g/mol. The molecule has 0 saturated heterocycles. The van der Waals surface area contributed by atoms with Crippen LogP contribution in [0.5, 0.6) is 5.75 Å². The van der Waals surface area contributed by atoms with Crippen molar-refractivity contribution in [3.63, 3.8) is 0 Å². The quantitative estimate of drug-likeness (QED) is 0.790. The van der Waals surface area contributed by atoms with Crippen LogP contribution in [0, 0.1) is 0 Å². The molecule has 1 aliphatic heterocycles.